The summed E-state index contributed by atoms with van der Waals surface area (Å²) in [4.78, 5) is 3.05. The molecule has 0 radical (unpaired) electrons. The Bertz CT molecular complexity index is 155. The van der Waals surface area contributed by atoms with Gasteiger partial charge in [0.2, 0.25) is 0 Å². The Morgan fingerprint density at radius 2 is 1.90 bits per heavy atom. The van der Waals surface area contributed by atoms with Crippen LogP contribution in [0.25, 0.3) is 0 Å². The molecule has 0 saturated carbocycles. The minimum absolute atomic E-state index is 0.852. The maximum absolute atomic E-state index is 11.7. The molecule has 0 aliphatic rings. The molecule has 58 valence electrons. The molecule has 0 spiro atoms. The molecule has 0 heterocycles. The summed E-state index contributed by atoms with van der Waals surface area (Å²) in [5.41, 5.74) is -0.852. The Hall–Kier alpha value is -0.800. The molecule has 0 aromatic carbocycles. The molecule has 0 fully saturated rings. The molecule has 0 atom stereocenters. The molecule has 0 unspecified atom stereocenters. The van der Waals surface area contributed by atoms with E-state index in [0.717, 1.165) is 13.1 Å². The van der Waals surface area contributed by atoms with Gasteiger partial charge in [0.15, 0.2) is 0 Å². The van der Waals surface area contributed by atoms with E-state index in [-0.39, 0.29) is 0 Å². The van der Waals surface area contributed by atoms with E-state index in [4.69, 9.17) is 0 Å². The van der Waals surface area contributed by atoms with E-state index in [1.165, 1.54) is 13.0 Å². The smallest absolute Gasteiger partial charge is 0.284 e. The third-order valence-electron chi connectivity index (χ3n) is 0.856. The van der Waals surface area contributed by atoms with E-state index >= 15 is 0 Å². The standard InChI is InChI=1S/C6H8F3N/c1-3-4-5(10-2)6(7,8)9/h3-4H,1-2H3/b4-3-,10-5+. The van der Waals surface area contributed by atoms with E-state index in [2.05, 4.69) is 4.99 Å². The Balaban J connectivity index is 4.39. The Morgan fingerprint density at radius 3 is 2.00 bits per heavy atom. The molecular formula is C6H8F3N. The zero-order valence-corrected chi connectivity index (χ0v) is 5.74. The monoisotopic (exact) mass is 151 g/mol. The molecule has 0 aromatic rings. The normalized spacial score (nSPS) is 14.7. The van der Waals surface area contributed by atoms with Crippen molar-refractivity contribution in [2.45, 2.75) is 13.1 Å². The van der Waals surface area contributed by atoms with E-state index in [1.807, 2.05) is 0 Å². The quantitative estimate of drug-likeness (QED) is 0.509. The number of hydrogen-bond acceptors (Lipinski definition) is 1. The molecule has 4 heteroatoms. The highest BCUT2D eigenvalue weighted by molar-refractivity contribution is 5.99. The number of nitrogens with zero attached hydrogens (tertiary/aromatic N) is 1. The second-order valence-electron chi connectivity index (χ2n) is 1.61. The lowest BCUT2D eigenvalue weighted by molar-refractivity contribution is -0.0577. The maximum atomic E-state index is 11.7. The van der Waals surface area contributed by atoms with Crippen LogP contribution in [0.3, 0.4) is 0 Å². The van der Waals surface area contributed by atoms with Crippen molar-refractivity contribution in [3.05, 3.63) is 12.2 Å². The SMILES string of the molecule is C/C=C\C(=N/C)C(F)(F)F. The van der Waals surface area contributed by atoms with Crippen molar-refractivity contribution >= 4 is 5.71 Å². The van der Waals surface area contributed by atoms with Gasteiger partial charge in [-0.25, -0.2) is 0 Å². The maximum Gasteiger partial charge on any atom is 0.432 e. The summed E-state index contributed by atoms with van der Waals surface area (Å²) in [7, 11) is 1.11. The first-order valence-electron chi connectivity index (χ1n) is 2.69. The van der Waals surface area contributed by atoms with Gasteiger partial charge in [-0.2, -0.15) is 13.2 Å². The van der Waals surface area contributed by atoms with Gasteiger partial charge in [0.1, 0.15) is 5.71 Å². The lowest BCUT2D eigenvalue weighted by atomic mass is 10.3. The second-order valence-corrected chi connectivity index (χ2v) is 1.61. The fourth-order valence-corrected chi connectivity index (χ4v) is 0.454. The number of hydrogen-bond donors (Lipinski definition) is 0. The van der Waals surface area contributed by atoms with Gasteiger partial charge in [-0.1, -0.05) is 6.08 Å². The van der Waals surface area contributed by atoms with Gasteiger partial charge in [0.05, 0.1) is 0 Å². The van der Waals surface area contributed by atoms with Crippen molar-refractivity contribution in [2.75, 3.05) is 7.05 Å². The Morgan fingerprint density at radius 1 is 1.40 bits per heavy atom. The molecule has 0 aromatic heterocycles. The summed E-state index contributed by atoms with van der Waals surface area (Å²) in [6.07, 6.45) is -2.09. The zero-order valence-electron chi connectivity index (χ0n) is 5.74. The summed E-state index contributed by atoms with van der Waals surface area (Å²) >= 11 is 0. The molecule has 0 rings (SSSR count). The molecule has 1 nitrogen and oxygen atoms in total. The van der Waals surface area contributed by atoms with Crippen molar-refractivity contribution in [3.63, 3.8) is 0 Å². The first-order chi connectivity index (χ1) is 4.52. The van der Waals surface area contributed by atoms with Gasteiger partial charge in [0.25, 0.3) is 0 Å². The molecule has 0 saturated heterocycles. The molecule has 0 N–H and O–H groups in total. The predicted molar refractivity (Wildman–Crippen MR) is 34.2 cm³/mol. The lowest BCUT2D eigenvalue weighted by Gasteiger charge is -2.03. The highest BCUT2D eigenvalue weighted by atomic mass is 19.4. The minimum atomic E-state index is -4.32. The molecule has 0 amide bonds. The van der Waals surface area contributed by atoms with Crippen molar-refractivity contribution < 1.29 is 13.2 Å². The van der Waals surface area contributed by atoms with Crippen LogP contribution in [-0.4, -0.2) is 18.9 Å². The van der Waals surface area contributed by atoms with Crippen molar-refractivity contribution in [1.29, 1.82) is 0 Å². The van der Waals surface area contributed by atoms with E-state index in [0.29, 0.717) is 0 Å². The van der Waals surface area contributed by atoms with Crippen LogP contribution in [0, 0.1) is 0 Å². The van der Waals surface area contributed by atoms with Crippen LogP contribution >= 0.6 is 0 Å². The van der Waals surface area contributed by atoms with Crippen LogP contribution in [-0.2, 0) is 0 Å². The molecule has 0 aliphatic heterocycles. The van der Waals surface area contributed by atoms with Crippen LogP contribution in [0.1, 0.15) is 6.92 Å². The van der Waals surface area contributed by atoms with E-state index < -0.39 is 11.9 Å². The first kappa shape index (κ1) is 9.20. The average Bonchev–Trinajstić information content (AvgIpc) is 1.80. The predicted octanol–water partition coefficient (Wildman–Crippen LogP) is 2.20. The topological polar surface area (TPSA) is 12.4 Å². The fraction of sp³-hybridized carbons (Fsp3) is 0.500. The number of aliphatic imine (C=N–C) groups is 1. The van der Waals surface area contributed by atoms with Crippen LogP contribution in [0.2, 0.25) is 0 Å². The van der Waals surface area contributed by atoms with E-state index in [9.17, 15) is 13.2 Å². The molecule has 0 aliphatic carbocycles. The number of rotatable bonds is 1. The van der Waals surface area contributed by atoms with Crippen LogP contribution in [0.5, 0.6) is 0 Å². The van der Waals surface area contributed by atoms with Crippen molar-refractivity contribution in [1.82, 2.24) is 0 Å². The highest BCUT2D eigenvalue weighted by Crippen LogP contribution is 2.17. The summed E-state index contributed by atoms with van der Waals surface area (Å²) in [6.45, 7) is 1.51. The van der Waals surface area contributed by atoms with E-state index in [1.54, 1.807) is 0 Å². The van der Waals surface area contributed by atoms with Gasteiger partial charge >= 0.3 is 6.18 Å². The summed E-state index contributed by atoms with van der Waals surface area (Å²) < 4.78 is 35.2. The van der Waals surface area contributed by atoms with Gasteiger partial charge in [0, 0.05) is 7.05 Å². The number of alkyl halides is 3. The Kier molecular flexibility index (Phi) is 3.12. The molecular weight excluding hydrogens is 143 g/mol. The van der Waals surface area contributed by atoms with Crippen LogP contribution < -0.4 is 0 Å². The summed E-state index contributed by atoms with van der Waals surface area (Å²) in [5.74, 6) is 0. The first-order valence-corrected chi connectivity index (χ1v) is 2.69. The third kappa shape index (κ3) is 2.66. The minimum Gasteiger partial charge on any atom is -0.284 e. The molecule has 0 bridgehead atoms. The number of halogens is 3. The fourth-order valence-electron chi connectivity index (χ4n) is 0.454. The zero-order chi connectivity index (χ0) is 8.20. The number of allylic oxidation sites excluding steroid dienone is 2. The van der Waals surface area contributed by atoms with Crippen molar-refractivity contribution in [3.8, 4) is 0 Å². The third-order valence-corrected chi connectivity index (χ3v) is 0.856. The van der Waals surface area contributed by atoms with Crippen LogP contribution in [0.4, 0.5) is 13.2 Å². The molecule has 10 heavy (non-hydrogen) atoms. The summed E-state index contributed by atoms with van der Waals surface area (Å²) in [5, 5.41) is 0. The highest BCUT2D eigenvalue weighted by Gasteiger charge is 2.32. The average molecular weight is 151 g/mol. The Labute approximate surface area is 57.3 Å². The van der Waals surface area contributed by atoms with Gasteiger partial charge < -0.3 is 0 Å². The lowest BCUT2D eigenvalue weighted by Crippen LogP contribution is -2.20. The summed E-state index contributed by atoms with van der Waals surface area (Å²) in [6, 6.07) is 0. The van der Waals surface area contributed by atoms with Gasteiger partial charge in [-0.15, -0.1) is 0 Å². The largest absolute Gasteiger partial charge is 0.432 e. The van der Waals surface area contributed by atoms with Crippen LogP contribution in [0.15, 0.2) is 17.1 Å². The van der Waals surface area contributed by atoms with Gasteiger partial charge in [-0.3, -0.25) is 4.99 Å². The second kappa shape index (κ2) is 3.39. The van der Waals surface area contributed by atoms with Gasteiger partial charge in [-0.05, 0) is 13.0 Å². The van der Waals surface area contributed by atoms with Crippen molar-refractivity contribution in [2.24, 2.45) is 4.99 Å².